The summed E-state index contributed by atoms with van der Waals surface area (Å²) in [4.78, 5) is 37.8. The summed E-state index contributed by atoms with van der Waals surface area (Å²) in [5, 5.41) is 14.9. The number of likely N-dealkylation sites (tertiary alicyclic amines) is 1. The van der Waals surface area contributed by atoms with E-state index in [-0.39, 0.29) is 36.8 Å². The van der Waals surface area contributed by atoms with Crippen LogP contribution in [0.1, 0.15) is 51.9 Å². The molecule has 2 aliphatic carbocycles. The van der Waals surface area contributed by atoms with Crippen LogP contribution in [0.3, 0.4) is 0 Å². The molecule has 0 aromatic rings. The molecule has 3 aliphatic rings. The Morgan fingerprint density at radius 2 is 1.88 bits per heavy atom. The van der Waals surface area contributed by atoms with Gasteiger partial charge in [0.05, 0.1) is 12.0 Å². The minimum atomic E-state index is -0.748. The number of carbonyl (C=O) groups excluding carboxylic acids is 2. The highest BCUT2D eigenvalue weighted by atomic mass is 35.5. The third-order valence-electron chi connectivity index (χ3n) is 6.42. The Balaban J connectivity index is 0.00000243. The molecular formula is C18H30ClN3O4. The van der Waals surface area contributed by atoms with Gasteiger partial charge in [0.2, 0.25) is 5.91 Å². The van der Waals surface area contributed by atoms with Gasteiger partial charge in [0.15, 0.2) is 0 Å². The Bertz CT molecular complexity index is 559. The molecule has 4 atom stereocenters. The molecule has 7 nitrogen and oxygen atoms in total. The van der Waals surface area contributed by atoms with E-state index in [0.717, 1.165) is 32.1 Å². The summed E-state index contributed by atoms with van der Waals surface area (Å²) in [5.41, 5.74) is -0.694. The first kappa shape index (κ1) is 21.0. The van der Waals surface area contributed by atoms with Gasteiger partial charge in [-0.05, 0) is 37.5 Å². The highest BCUT2D eigenvalue weighted by Crippen LogP contribution is 2.48. The van der Waals surface area contributed by atoms with Gasteiger partial charge in [-0.2, -0.15) is 0 Å². The van der Waals surface area contributed by atoms with Crippen LogP contribution in [0.5, 0.6) is 0 Å². The van der Waals surface area contributed by atoms with Gasteiger partial charge in [0.1, 0.15) is 0 Å². The largest absolute Gasteiger partial charge is 0.481 e. The lowest BCUT2D eigenvalue weighted by atomic mass is 9.81. The summed E-state index contributed by atoms with van der Waals surface area (Å²) in [6, 6.07) is -0.306. The molecule has 0 bridgehead atoms. The topological polar surface area (TPSA) is 98.7 Å². The molecule has 8 heteroatoms. The summed E-state index contributed by atoms with van der Waals surface area (Å²) in [5.74, 6) is -0.555. The van der Waals surface area contributed by atoms with Crippen LogP contribution in [0.4, 0.5) is 4.79 Å². The van der Waals surface area contributed by atoms with Gasteiger partial charge in [-0.25, -0.2) is 4.79 Å². The van der Waals surface area contributed by atoms with Crippen LogP contribution in [0.2, 0.25) is 0 Å². The van der Waals surface area contributed by atoms with Crippen molar-refractivity contribution in [2.45, 2.75) is 57.9 Å². The monoisotopic (exact) mass is 387 g/mol. The molecule has 0 radical (unpaired) electrons. The lowest BCUT2D eigenvalue weighted by molar-refractivity contribution is -0.149. The number of nitrogens with one attached hydrogen (secondary N) is 2. The maximum Gasteiger partial charge on any atom is 0.321 e. The van der Waals surface area contributed by atoms with E-state index in [1.165, 1.54) is 6.42 Å². The van der Waals surface area contributed by atoms with Gasteiger partial charge in [-0.15, -0.1) is 12.4 Å². The fraction of sp³-hybridized carbons (Fsp3) is 0.833. The number of nitrogens with zero attached hydrogens (tertiary/aromatic N) is 1. The van der Waals surface area contributed by atoms with Crippen LogP contribution in [0.25, 0.3) is 0 Å². The molecule has 0 aromatic heterocycles. The third-order valence-corrected chi connectivity index (χ3v) is 6.42. The van der Waals surface area contributed by atoms with Crippen molar-refractivity contribution in [2.24, 2.45) is 17.3 Å². The second-order valence-corrected chi connectivity index (χ2v) is 8.11. The minimum absolute atomic E-state index is 0. The lowest BCUT2D eigenvalue weighted by Crippen LogP contribution is -2.49. The Labute approximate surface area is 160 Å². The second kappa shape index (κ2) is 8.57. The van der Waals surface area contributed by atoms with Gasteiger partial charge in [0.25, 0.3) is 0 Å². The number of hydrogen-bond donors (Lipinski definition) is 3. The first-order chi connectivity index (χ1) is 11.9. The quantitative estimate of drug-likeness (QED) is 0.685. The van der Waals surface area contributed by atoms with Gasteiger partial charge in [-0.3, -0.25) is 19.8 Å². The number of carbonyl (C=O) groups is 3. The van der Waals surface area contributed by atoms with Crippen molar-refractivity contribution in [1.82, 2.24) is 15.5 Å². The minimum Gasteiger partial charge on any atom is -0.481 e. The van der Waals surface area contributed by atoms with E-state index >= 15 is 0 Å². The number of urea groups is 1. The molecule has 3 amide bonds. The molecule has 3 rings (SSSR count). The first-order valence-electron chi connectivity index (χ1n) is 9.47. The smallest absolute Gasteiger partial charge is 0.321 e. The van der Waals surface area contributed by atoms with Crippen LogP contribution < -0.4 is 10.6 Å². The fourth-order valence-corrected chi connectivity index (χ4v) is 4.97. The van der Waals surface area contributed by atoms with Gasteiger partial charge in [0, 0.05) is 19.1 Å². The van der Waals surface area contributed by atoms with E-state index in [1.807, 2.05) is 4.90 Å². The number of aliphatic carboxylic acids is 1. The zero-order valence-corrected chi connectivity index (χ0v) is 16.1. The van der Waals surface area contributed by atoms with Crippen LogP contribution >= 0.6 is 12.4 Å². The van der Waals surface area contributed by atoms with E-state index in [4.69, 9.17) is 0 Å². The molecule has 148 valence electrons. The maximum atomic E-state index is 12.2. The standard InChI is InChI=1S/C18H29N3O4.ClH/c1-12-5-2-3-7-14(12)19-17(25)20-15(22)10-21-9-13-6-4-8-18(13,11-21)16(23)24;/h12-14H,2-11H2,1H3,(H,23,24)(H2,19,20,22,25);1H/t12?,13-,14?,18+;/m0./s1. The molecule has 0 spiro atoms. The van der Waals surface area contributed by atoms with Crippen molar-refractivity contribution in [3.63, 3.8) is 0 Å². The molecular weight excluding hydrogens is 358 g/mol. The number of rotatable bonds is 4. The number of halogens is 1. The molecule has 1 aliphatic heterocycles. The summed E-state index contributed by atoms with van der Waals surface area (Å²) < 4.78 is 0. The fourth-order valence-electron chi connectivity index (χ4n) is 4.97. The number of carboxylic acids is 1. The van der Waals surface area contributed by atoms with Gasteiger partial charge in [-0.1, -0.05) is 26.2 Å². The Morgan fingerprint density at radius 1 is 1.15 bits per heavy atom. The number of fused-ring (bicyclic) bond motifs is 1. The van der Waals surface area contributed by atoms with Crippen LogP contribution in [0.15, 0.2) is 0 Å². The number of carboxylic acid groups (broad SMARTS) is 1. The molecule has 3 fully saturated rings. The normalized spacial score (nSPS) is 33.8. The number of amides is 3. The average Bonchev–Trinajstić information content (AvgIpc) is 3.07. The molecule has 3 N–H and O–H groups in total. The van der Waals surface area contributed by atoms with Crippen LogP contribution in [0, 0.1) is 17.3 Å². The number of imide groups is 1. The van der Waals surface area contributed by atoms with Crippen LogP contribution in [-0.4, -0.2) is 53.6 Å². The van der Waals surface area contributed by atoms with Crippen molar-refractivity contribution in [1.29, 1.82) is 0 Å². The summed E-state index contributed by atoms with van der Waals surface area (Å²) in [6.45, 7) is 3.24. The summed E-state index contributed by atoms with van der Waals surface area (Å²) >= 11 is 0. The predicted octanol–water partition coefficient (Wildman–Crippen LogP) is 2.00. The lowest BCUT2D eigenvalue weighted by Gasteiger charge is -2.29. The predicted molar refractivity (Wildman–Crippen MR) is 99.2 cm³/mol. The highest BCUT2D eigenvalue weighted by Gasteiger charge is 2.54. The Hall–Kier alpha value is -1.34. The van der Waals surface area contributed by atoms with E-state index in [1.54, 1.807) is 0 Å². The SMILES string of the molecule is CC1CCCCC1NC(=O)NC(=O)CN1C[C@@H]2CCC[C@@]2(C(=O)O)C1.Cl. The highest BCUT2D eigenvalue weighted by molar-refractivity contribution is 5.95. The Kier molecular flexibility index (Phi) is 6.91. The zero-order valence-electron chi connectivity index (χ0n) is 15.3. The maximum absolute atomic E-state index is 12.2. The van der Waals surface area contributed by atoms with Crippen molar-refractivity contribution in [3.05, 3.63) is 0 Å². The zero-order chi connectivity index (χ0) is 18.0. The van der Waals surface area contributed by atoms with Crippen LogP contribution in [-0.2, 0) is 9.59 Å². The third kappa shape index (κ3) is 4.31. The summed E-state index contributed by atoms with van der Waals surface area (Å²) in [6.07, 6.45) is 6.90. The first-order valence-corrected chi connectivity index (χ1v) is 9.47. The van der Waals surface area contributed by atoms with E-state index < -0.39 is 17.4 Å². The van der Waals surface area contributed by atoms with E-state index in [2.05, 4.69) is 17.6 Å². The average molecular weight is 388 g/mol. The molecule has 1 saturated heterocycles. The summed E-state index contributed by atoms with van der Waals surface area (Å²) in [7, 11) is 0. The van der Waals surface area contributed by atoms with Crippen molar-refractivity contribution >= 4 is 30.3 Å². The molecule has 1 heterocycles. The van der Waals surface area contributed by atoms with Crippen molar-refractivity contribution in [3.8, 4) is 0 Å². The van der Waals surface area contributed by atoms with Crippen molar-refractivity contribution in [2.75, 3.05) is 19.6 Å². The second-order valence-electron chi connectivity index (χ2n) is 8.11. The van der Waals surface area contributed by atoms with E-state index in [0.29, 0.717) is 25.4 Å². The molecule has 26 heavy (non-hydrogen) atoms. The van der Waals surface area contributed by atoms with Gasteiger partial charge < -0.3 is 10.4 Å². The molecule has 2 saturated carbocycles. The number of hydrogen-bond acceptors (Lipinski definition) is 4. The van der Waals surface area contributed by atoms with Crippen molar-refractivity contribution < 1.29 is 19.5 Å². The molecule has 2 unspecified atom stereocenters. The van der Waals surface area contributed by atoms with E-state index in [9.17, 15) is 19.5 Å². The van der Waals surface area contributed by atoms with Gasteiger partial charge >= 0.3 is 12.0 Å². The molecule has 0 aromatic carbocycles. The Morgan fingerprint density at radius 3 is 2.54 bits per heavy atom.